The van der Waals surface area contributed by atoms with E-state index in [1.807, 2.05) is 12.1 Å². The molecule has 0 saturated carbocycles. The second kappa shape index (κ2) is 5.22. The van der Waals surface area contributed by atoms with Gasteiger partial charge in [0.05, 0.1) is 12.1 Å². The van der Waals surface area contributed by atoms with Crippen LogP contribution in [0.2, 0.25) is 0 Å². The van der Waals surface area contributed by atoms with E-state index < -0.39 is 12.1 Å². The van der Waals surface area contributed by atoms with E-state index in [-0.39, 0.29) is 0 Å². The summed E-state index contributed by atoms with van der Waals surface area (Å²) >= 11 is 0. The lowest BCUT2D eigenvalue weighted by Gasteiger charge is -2.07. The fourth-order valence-corrected chi connectivity index (χ4v) is 0.509. The van der Waals surface area contributed by atoms with E-state index in [1.165, 1.54) is 12.2 Å². The van der Waals surface area contributed by atoms with Gasteiger partial charge in [0.25, 0.3) is 0 Å². The Bertz CT molecular complexity index is 194. The van der Waals surface area contributed by atoms with Gasteiger partial charge in [0.1, 0.15) is 12.1 Å². The summed E-state index contributed by atoms with van der Waals surface area (Å²) in [5.74, 6) is 0. The highest BCUT2D eigenvalue weighted by Gasteiger charge is 2.06. The van der Waals surface area contributed by atoms with Crippen LogP contribution in [0.5, 0.6) is 0 Å². The number of nitrogens with one attached hydrogen (secondary N) is 1. The van der Waals surface area contributed by atoms with Crippen LogP contribution in [0.15, 0.2) is 25.3 Å². The Kier molecular flexibility index (Phi) is 4.47. The van der Waals surface area contributed by atoms with E-state index in [1.54, 1.807) is 0 Å². The Labute approximate surface area is 66.2 Å². The molecule has 0 saturated heterocycles. The summed E-state index contributed by atoms with van der Waals surface area (Å²) in [7, 11) is 0. The minimum atomic E-state index is -0.488. The van der Waals surface area contributed by atoms with Gasteiger partial charge in [-0.05, 0) is 0 Å². The zero-order valence-corrected chi connectivity index (χ0v) is 6.12. The molecule has 0 amide bonds. The summed E-state index contributed by atoms with van der Waals surface area (Å²) in [5, 5.41) is 19.6. The number of rotatable bonds is 4. The lowest BCUT2D eigenvalue weighted by Crippen LogP contribution is -2.33. The molecule has 0 radical (unpaired) electrons. The van der Waals surface area contributed by atoms with Gasteiger partial charge in [0.15, 0.2) is 0 Å². The topological polar surface area (TPSA) is 59.6 Å². The molecular formula is C8H9N3. The minimum Gasteiger partial charge on any atom is -0.280 e. The molecule has 3 nitrogen and oxygen atoms in total. The summed E-state index contributed by atoms with van der Waals surface area (Å²) in [6.07, 6.45) is 2.88. The predicted molar refractivity (Wildman–Crippen MR) is 42.3 cm³/mol. The van der Waals surface area contributed by atoms with Crippen molar-refractivity contribution in [3.8, 4) is 12.1 Å². The van der Waals surface area contributed by atoms with Crippen LogP contribution >= 0.6 is 0 Å². The first kappa shape index (κ1) is 9.42. The third-order valence-corrected chi connectivity index (χ3v) is 1.11. The average Bonchev–Trinajstić information content (AvgIpc) is 2.07. The molecule has 2 atom stereocenters. The van der Waals surface area contributed by atoms with Crippen LogP contribution in [0, 0.1) is 22.7 Å². The lowest BCUT2D eigenvalue weighted by molar-refractivity contribution is 0.676. The summed E-state index contributed by atoms with van der Waals surface area (Å²) in [5.41, 5.74) is 0. The van der Waals surface area contributed by atoms with Crippen molar-refractivity contribution in [1.82, 2.24) is 5.32 Å². The largest absolute Gasteiger partial charge is 0.280 e. The van der Waals surface area contributed by atoms with Gasteiger partial charge >= 0.3 is 0 Å². The van der Waals surface area contributed by atoms with Crippen molar-refractivity contribution >= 4 is 0 Å². The van der Waals surface area contributed by atoms with Gasteiger partial charge in [-0.1, -0.05) is 12.2 Å². The van der Waals surface area contributed by atoms with Gasteiger partial charge in [0, 0.05) is 0 Å². The van der Waals surface area contributed by atoms with E-state index in [2.05, 4.69) is 18.5 Å². The van der Waals surface area contributed by atoms with Gasteiger partial charge in [0.2, 0.25) is 0 Å². The monoisotopic (exact) mass is 147 g/mol. The molecule has 0 spiro atoms. The van der Waals surface area contributed by atoms with Crippen molar-refractivity contribution in [1.29, 1.82) is 10.5 Å². The average molecular weight is 147 g/mol. The highest BCUT2D eigenvalue weighted by Crippen LogP contribution is 1.87. The molecule has 0 fully saturated rings. The maximum atomic E-state index is 8.44. The summed E-state index contributed by atoms with van der Waals surface area (Å²) in [6.45, 7) is 6.85. The van der Waals surface area contributed by atoms with Crippen molar-refractivity contribution in [2.75, 3.05) is 0 Å². The molecule has 3 heteroatoms. The molecule has 0 aliphatic rings. The quantitative estimate of drug-likeness (QED) is 0.596. The number of hydrogen-bond donors (Lipinski definition) is 1. The molecule has 0 heterocycles. The van der Waals surface area contributed by atoms with E-state index in [0.29, 0.717) is 0 Å². The molecule has 0 aliphatic heterocycles. The molecular weight excluding hydrogens is 138 g/mol. The third-order valence-electron chi connectivity index (χ3n) is 1.11. The SMILES string of the molecule is C=CC(C#N)NC(C#N)C=C. The third kappa shape index (κ3) is 3.20. The standard InChI is InChI=1S/C8H9N3/c1-3-7(5-9)11-8(4-2)6-10/h3-4,7-8,11H,1-2H2. The van der Waals surface area contributed by atoms with Crippen molar-refractivity contribution in [3.05, 3.63) is 25.3 Å². The van der Waals surface area contributed by atoms with Crippen LogP contribution in [0.4, 0.5) is 0 Å². The molecule has 56 valence electrons. The highest BCUT2D eigenvalue weighted by atomic mass is 14.9. The number of nitrogens with zero attached hydrogens (tertiary/aromatic N) is 2. The van der Waals surface area contributed by atoms with E-state index >= 15 is 0 Å². The van der Waals surface area contributed by atoms with Gasteiger partial charge in [-0.15, -0.1) is 13.2 Å². The van der Waals surface area contributed by atoms with Crippen LogP contribution in [0.25, 0.3) is 0 Å². The zero-order valence-electron chi connectivity index (χ0n) is 6.12. The Morgan fingerprint density at radius 2 is 1.45 bits per heavy atom. The van der Waals surface area contributed by atoms with Crippen molar-refractivity contribution in [2.45, 2.75) is 12.1 Å². The fraction of sp³-hybridized carbons (Fsp3) is 0.250. The second-order valence-electron chi connectivity index (χ2n) is 1.85. The first-order valence-electron chi connectivity index (χ1n) is 3.09. The maximum Gasteiger partial charge on any atom is 0.115 e. The molecule has 0 aromatic carbocycles. The normalized spacial score (nSPS) is 13.6. The van der Waals surface area contributed by atoms with Crippen LogP contribution in [-0.4, -0.2) is 12.1 Å². The first-order valence-corrected chi connectivity index (χ1v) is 3.09. The molecule has 2 unspecified atom stereocenters. The number of nitriles is 2. The van der Waals surface area contributed by atoms with Gasteiger partial charge in [-0.25, -0.2) is 0 Å². The molecule has 0 aromatic heterocycles. The Morgan fingerprint density at radius 1 is 1.09 bits per heavy atom. The predicted octanol–water partition coefficient (Wildman–Crippen LogP) is 0.732. The minimum absolute atomic E-state index is 0.488. The van der Waals surface area contributed by atoms with Crippen LogP contribution in [0.1, 0.15) is 0 Å². The van der Waals surface area contributed by atoms with E-state index in [4.69, 9.17) is 10.5 Å². The van der Waals surface area contributed by atoms with Crippen molar-refractivity contribution < 1.29 is 0 Å². The molecule has 0 bridgehead atoms. The molecule has 0 rings (SSSR count). The summed E-state index contributed by atoms with van der Waals surface area (Å²) < 4.78 is 0. The van der Waals surface area contributed by atoms with Gasteiger partial charge < -0.3 is 0 Å². The summed E-state index contributed by atoms with van der Waals surface area (Å²) in [6, 6.07) is 2.87. The Hall–Kier alpha value is -1.58. The molecule has 0 aromatic rings. The second-order valence-corrected chi connectivity index (χ2v) is 1.85. The van der Waals surface area contributed by atoms with Gasteiger partial charge in [-0.2, -0.15) is 10.5 Å². The van der Waals surface area contributed by atoms with Crippen LogP contribution in [-0.2, 0) is 0 Å². The van der Waals surface area contributed by atoms with Crippen LogP contribution in [0.3, 0.4) is 0 Å². The Morgan fingerprint density at radius 3 is 1.64 bits per heavy atom. The van der Waals surface area contributed by atoms with E-state index in [9.17, 15) is 0 Å². The number of hydrogen-bond acceptors (Lipinski definition) is 3. The maximum absolute atomic E-state index is 8.44. The van der Waals surface area contributed by atoms with Gasteiger partial charge in [-0.3, -0.25) is 5.32 Å². The zero-order chi connectivity index (χ0) is 8.69. The molecule has 11 heavy (non-hydrogen) atoms. The van der Waals surface area contributed by atoms with E-state index in [0.717, 1.165) is 0 Å². The first-order chi connectivity index (χ1) is 5.28. The van der Waals surface area contributed by atoms with Crippen LogP contribution < -0.4 is 5.32 Å². The smallest absolute Gasteiger partial charge is 0.115 e. The lowest BCUT2D eigenvalue weighted by atomic mass is 10.2. The highest BCUT2D eigenvalue weighted by molar-refractivity contribution is 5.11. The molecule has 1 N–H and O–H groups in total. The van der Waals surface area contributed by atoms with Crippen molar-refractivity contribution in [3.63, 3.8) is 0 Å². The fourth-order valence-electron chi connectivity index (χ4n) is 0.509. The Balaban J connectivity index is 4.02. The van der Waals surface area contributed by atoms with Crippen molar-refractivity contribution in [2.24, 2.45) is 0 Å². The summed E-state index contributed by atoms with van der Waals surface area (Å²) in [4.78, 5) is 0. The molecule has 0 aliphatic carbocycles.